The molecule has 3 aromatic rings. The number of fused-ring (bicyclic) bond motifs is 1. The average Bonchev–Trinajstić information content (AvgIpc) is 3.17. The third-order valence-electron chi connectivity index (χ3n) is 3.91. The predicted molar refractivity (Wildman–Crippen MR) is 117 cm³/mol. The van der Waals surface area contributed by atoms with Gasteiger partial charge in [-0.2, -0.15) is 0 Å². The highest BCUT2D eigenvalue weighted by atomic mass is 31.1. The van der Waals surface area contributed by atoms with Crippen LogP contribution in [0.1, 0.15) is 26.3 Å². The molecule has 0 amide bonds. The molecule has 3 heteroatoms. The molecule has 140 valence electrons. The van der Waals surface area contributed by atoms with Gasteiger partial charge in [0.05, 0.1) is 5.30 Å². The highest BCUT2D eigenvalue weighted by Crippen LogP contribution is 2.40. The van der Waals surface area contributed by atoms with E-state index in [4.69, 9.17) is 9.47 Å². The first-order valence-corrected chi connectivity index (χ1v) is 10.6. The first kappa shape index (κ1) is 19.5. The van der Waals surface area contributed by atoms with Gasteiger partial charge in [0.15, 0.2) is 0 Å². The molecule has 2 nitrogen and oxygen atoms in total. The molecule has 0 spiro atoms. The van der Waals surface area contributed by atoms with Crippen molar-refractivity contribution in [3.05, 3.63) is 78.4 Å². The van der Waals surface area contributed by atoms with Crippen LogP contribution in [-0.2, 0) is 6.61 Å². The van der Waals surface area contributed by atoms with Gasteiger partial charge >= 0.3 is 0 Å². The van der Waals surface area contributed by atoms with Gasteiger partial charge in [-0.25, -0.2) is 0 Å². The maximum absolute atomic E-state index is 6.05. The number of ether oxygens (including phenoxy) is 2. The zero-order chi connectivity index (χ0) is 19.1. The van der Waals surface area contributed by atoms with Crippen LogP contribution >= 0.6 is 8.58 Å². The largest absolute Gasteiger partial charge is 0.488 e. The molecule has 0 saturated heterocycles. The van der Waals surface area contributed by atoms with Crippen molar-refractivity contribution >= 4 is 13.9 Å². The second kappa shape index (κ2) is 9.58. The summed E-state index contributed by atoms with van der Waals surface area (Å²) in [6, 6.07) is 24.8. The number of benzene rings is 3. The van der Waals surface area contributed by atoms with E-state index in [2.05, 4.69) is 69.3 Å². The molecule has 0 aliphatic carbocycles. The summed E-state index contributed by atoms with van der Waals surface area (Å²) < 4.78 is 12.0. The van der Waals surface area contributed by atoms with Crippen LogP contribution in [0.3, 0.4) is 0 Å². The molecule has 4 rings (SSSR count). The fourth-order valence-electron chi connectivity index (χ4n) is 2.76. The van der Waals surface area contributed by atoms with Gasteiger partial charge in [-0.1, -0.05) is 81.4 Å². The van der Waals surface area contributed by atoms with Crippen molar-refractivity contribution in [2.24, 2.45) is 5.92 Å². The van der Waals surface area contributed by atoms with Crippen LogP contribution in [0.25, 0.3) is 11.1 Å². The molecule has 0 saturated carbocycles. The van der Waals surface area contributed by atoms with Crippen molar-refractivity contribution < 1.29 is 9.47 Å². The Morgan fingerprint density at radius 3 is 2.19 bits per heavy atom. The van der Waals surface area contributed by atoms with Crippen molar-refractivity contribution in [2.75, 3.05) is 6.35 Å². The molecule has 0 fully saturated rings. The van der Waals surface area contributed by atoms with Crippen molar-refractivity contribution in [1.29, 1.82) is 0 Å². The summed E-state index contributed by atoms with van der Waals surface area (Å²) in [4.78, 5) is 0. The van der Waals surface area contributed by atoms with E-state index in [1.165, 1.54) is 16.4 Å². The molecule has 0 bridgehead atoms. The minimum absolute atomic E-state index is 0.586. The molecule has 1 unspecified atom stereocenters. The fraction of sp³-hybridized carbons (Fsp3) is 0.250. The average molecular weight is 378 g/mol. The number of rotatable bonds is 4. The van der Waals surface area contributed by atoms with Crippen molar-refractivity contribution in [2.45, 2.75) is 27.4 Å². The standard InChI is InChI=1S/C20H17O2P.C4H10/c1-3-7-15(8-4-1)13-21-18-12-11-17(16-9-5-2-6-10-16)19-20(18)23-14-22-19;1-4(2)3/h1-12,23H,13-14H2;4H,1-3H3. The van der Waals surface area contributed by atoms with Crippen LogP contribution in [0.2, 0.25) is 0 Å². The Balaban J connectivity index is 0.000000481. The Kier molecular flexibility index (Phi) is 6.90. The maximum Gasteiger partial charge on any atom is 0.138 e. The van der Waals surface area contributed by atoms with Crippen LogP contribution in [0.5, 0.6) is 11.5 Å². The second-order valence-corrected chi connectivity index (χ2v) is 8.30. The zero-order valence-electron chi connectivity index (χ0n) is 16.2. The third-order valence-corrected chi connectivity index (χ3v) is 5.02. The zero-order valence-corrected chi connectivity index (χ0v) is 17.2. The second-order valence-electron chi connectivity index (χ2n) is 7.15. The topological polar surface area (TPSA) is 18.5 Å². The minimum atomic E-state index is 0.586. The van der Waals surface area contributed by atoms with Crippen molar-refractivity contribution in [3.63, 3.8) is 0 Å². The number of hydrogen-bond acceptors (Lipinski definition) is 2. The van der Waals surface area contributed by atoms with Crippen LogP contribution in [-0.4, -0.2) is 6.35 Å². The molecule has 27 heavy (non-hydrogen) atoms. The molecule has 1 aliphatic rings. The first-order valence-electron chi connectivity index (χ1n) is 9.41. The molecular weight excluding hydrogens is 351 g/mol. The van der Waals surface area contributed by atoms with E-state index >= 15 is 0 Å². The van der Waals surface area contributed by atoms with E-state index in [0.29, 0.717) is 15.2 Å². The maximum atomic E-state index is 6.05. The summed E-state index contributed by atoms with van der Waals surface area (Å²) in [5.41, 5.74) is 3.51. The summed E-state index contributed by atoms with van der Waals surface area (Å²) in [5.74, 6) is 2.76. The SMILES string of the molecule is CC(C)C.c1ccc(COc2ccc(-c3ccccc3)c3c2PCO3)cc1. The molecule has 0 aromatic heterocycles. The summed E-state index contributed by atoms with van der Waals surface area (Å²) in [5, 5.41) is 1.21. The van der Waals surface area contributed by atoms with Gasteiger partial charge in [0.25, 0.3) is 0 Å². The van der Waals surface area contributed by atoms with E-state index in [0.717, 1.165) is 29.3 Å². The normalized spacial score (nSPS) is 12.9. The highest BCUT2D eigenvalue weighted by molar-refractivity contribution is 7.48. The van der Waals surface area contributed by atoms with Gasteiger partial charge in [0, 0.05) is 5.56 Å². The van der Waals surface area contributed by atoms with Crippen LogP contribution in [0.15, 0.2) is 72.8 Å². The van der Waals surface area contributed by atoms with E-state index in [9.17, 15) is 0 Å². The molecule has 3 aromatic carbocycles. The Labute approximate surface area is 164 Å². The molecule has 0 N–H and O–H groups in total. The highest BCUT2D eigenvalue weighted by Gasteiger charge is 2.22. The van der Waals surface area contributed by atoms with Gasteiger partial charge in [0.1, 0.15) is 24.5 Å². The van der Waals surface area contributed by atoms with Gasteiger partial charge in [-0.05, 0) is 37.8 Å². The quantitative estimate of drug-likeness (QED) is 0.500. The van der Waals surface area contributed by atoms with Gasteiger partial charge in [-0.15, -0.1) is 0 Å². The van der Waals surface area contributed by atoms with Crippen LogP contribution < -0.4 is 14.8 Å². The Hall–Kier alpha value is -2.31. The summed E-state index contributed by atoms with van der Waals surface area (Å²) in [6.45, 7) is 7.09. The van der Waals surface area contributed by atoms with Gasteiger partial charge < -0.3 is 9.47 Å². The first-order chi connectivity index (χ1) is 13.1. The van der Waals surface area contributed by atoms with E-state index < -0.39 is 0 Å². The Morgan fingerprint density at radius 2 is 1.52 bits per heavy atom. The lowest BCUT2D eigenvalue weighted by Gasteiger charge is -2.13. The molecule has 1 atom stereocenters. The van der Waals surface area contributed by atoms with Crippen molar-refractivity contribution in [3.8, 4) is 22.6 Å². The molecule has 1 aliphatic heterocycles. The van der Waals surface area contributed by atoms with Crippen LogP contribution in [0.4, 0.5) is 0 Å². The molecular formula is C24H27O2P. The van der Waals surface area contributed by atoms with Crippen LogP contribution in [0, 0.1) is 5.92 Å². The van der Waals surface area contributed by atoms with E-state index in [1.807, 2.05) is 24.3 Å². The lowest BCUT2D eigenvalue weighted by atomic mass is 10.0. The van der Waals surface area contributed by atoms with Crippen molar-refractivity contribution in [1.82, 2.24) is 0 Å². The molecule has 1 heterocycles. The Morgan fingerprint density at radius 1 is 0.889 bits per heavy atom. The van der Waals surface area contributed by atoms with E-state index in [1.54, 1.807) is 0 Å². The fourth-order valence-corrected chi connectivity index (χ4v) is 3.82. The summed E-state index contributed by atoms with van der Waals surface area (Å²) in [7, 11) is 0.640. The summed E-state index contributed by atoms with van der Waals surface area (Å²) >= 11 is 0. The number of hydrogen-bond donors (Lipinski definition) is 0. The minimum Gasteiger partial charge on any atom is -0.488 e. The predicted octanol–water partition coefficient (Wildman–Crippen LogP) is 6.25. The molecule has 0 radical (unpaired) electrons. The monoisotopic (exact) mass is 378 g/mol. The van der Waals surface area contributed by atoms with Gasteiger partial charge in [-0.3, -0.25) is 0 Å². The summed E-state index contributed by atoms with van der Waals surface area (Å²) in [6.07, 6.45) is 0.751. The van der Waals surface area contributed by atoms with Gasteiger partial charge in [0.2, 0.25) is 0 Å². The smallest absolute Gasteiger partial charge is 0.138 e. The Bertz CT molecular complexity index is 842. The van der Waals surface area contributed by atoms with E-state index in [-0.39, 0.29) is 0 Å². The lowest BCUT2D eigenvalue weighted by molar-refractivity contribution is 0.308. The lowest BCUT2D eigenvalue weighted by Crippen LogP contribution is -2.04. The third kappa shape index (κ3) is 5.34.